The summed E-state index contributed by atoms with van der Waals surface area (Å²) in [6.07, 6.45) is 6.59. The van der Waals surface area contributed by atoms with Crippen molar-refractivity contribution in [2.45, 2.75) is 39.3 Å². The van der Waals surface area contributed by atoms with Crippen molar-refractivity contribution in [3.8, 4) is 0 Å². The van der Waals surface area contributed by atoms with Crippen LogP contribution >= 0.6 is 0 Å². The second-order valence-electron chi connectivity index (χ2n) is 4.81. The molecule has 0 spiro atoms. The van der Waals surface area contributed by atoms with Gasteiger partial charge in [-0.2, -0.15) is 0 Å². The molecule has 1 aliphatic heterocycles. The molecule has 4 heteroatoms. The Hall–Kier alpha value is -1.03. The van der Waals surface area contributed by atoms with E-state index in [1.807, 2.05) is 12.4 Å². The number of nitrogens with zero attached hydrogens (tertiary/aromatic N) is 2. The maximum atomic E-state index is 5.57. The molecule has 2 rings (SSSR count). The first-order valence-corrected chi connectivity index (χ1v) is 6.12. The Morgan fingerprint density at radius 1 is 1.62 bits per heavy atom. The first-order valence-electron chi connectivity index (χ1n) is 6.12. The summed E-state index contributed by atoms with van der Waals surface area (Å²) in [4.78, 5) is 4.33. The minimum Gasteiger partial charge on any atom is -0.376 e. The molecule has 0 saturated carbocycles. The number of ether oxygens (including phenoxy) is 1. The van der Waals surface area contributed by atoms with Crippen LogP contribution in [0.4, 0.5) is 5.95 Å². The molecule has 90 valence electrons. The maximum absolute atomic E-state index is 5.57. The Bertz CT molecular complexity index is 316. The van der Waals surface area contributed by atoms with Crippen molar-refractivity contribution in [3.63, 3.8) is 0 Å². The molecule has 1 unspecified atom stereocenters. The fraction of sp³-hybridized carbons (Fsp3) is 0.750. The van der Waals surface area contributed by atoms with Gasteiger partial charge in [0.2, 0.25) is 5.95 Å². The Balaban J connectivity index is 1.85. The van der Waals surface area contributed by atoms with E-state index >= 15 is 0 Å². The molecule has 16 heavy (non-hydrogen) atoms. The topological polar surface area (TPSA) is 39.1 Å². The zero-order chi connectivity index (χ0) is 11.4. The molecule has 1 aromatic rings. The lowest BCUT2D eigenvalue weighted by molar-refractivity contribution is 0.120. The van der Waals surface area contributed by atoms with Crippen molar-refractivity contribution < 1.29 is 4.74 Å². The van der Waals surface area contributed by atoms with E-state index in [-0.39, 0.29) is 0 Å². The summed E-state index contributed by atoms with van der Waals surface area (Å²) in [5.41, 5.74) is 0. The summed E-state index contributed by atoms with van der Waals surface area (Å²) in [5.74, 6) is 1.60. The van der Waals surface area contributed by atoms with Crippen molar-refractivity contribution >= 4 is 5.95 Å². The maximum Gasteiger partial charge on any atom is 0.202 e. The fourth-order valence-corrected chi connectivity index (χ4v) is 2.03. The SMILES string of the molecule is CC(C)Cn1ccnc1NCC1CCCO1. The number of nitrogens with one attached hydrogen (secondary N) is 1. The highest BCUT2D eigenvalue weighted by atomic mass is 16.5. The fourth-order valence-electron chi connectivity index (χ4n) is 2.03. The van der Waals surface area contributed by atoms with Gasteiger partial charge in [-0.1, -0.05) is 13.8 Å². The van der Waals surface area contributed by atoms with Gasteiger partial charge in [0.15, 0.2) is 0 Å². The van der Waals surface area contributed by atoms with Crippen molar-refractivity contribution in [2.75, 3.05) is 18.5 Å². The monoisotopic (exact) mass is 223 g/mol. The number of rotatable bonds is 5. The van der Waals surface area contributed by atoms with Crippen LogP contribution in [0.25, 0.3) is 0 Å². The number of imidazole rings is 1. The molecule has 1 aliphatic rings. The zero-order valence-corrected chi connectivity index (χ0v) is 10.1. The van der Waals surface area contributed by atoms with Crippen LogP contribution in [0.5, 0.6) is 0 Å². The van der Waals surface area contributed by atoms with E-state index < -0.39 is 0 Å². The summed E-state index contributed by atoms with van der Waals surface area (Å²) in [7, 11) is 0. The minimum absolute atomic E-state index is 0.365. The second kappa shape index (κ2) is 5.34. The molecule has 4 nitrogen and oxygen atoms in total. The lowest BCUT2D eigenvalue weighted by atomic mass is 10.2. The number of hydrogen-bond donors (Lipinski definition) is 1. The van der Waals surface area contributed by atoms with Crippen LogP contribution in [0, 0.1) is 5.92 Å². The van der Waals surface area contributed by atoms with E-state index in [4.69, 9.17) is 4.74 Å². The molecule has 1 saturated heterocycles. The van der Waals surface area contributed by atoms with Crippen molar-refractivity contribution in [2.24, 2.45) is 5.92 Å². The smallest absolute Gasteiger partial charge is 0.202 e. The highest BCUT2D eigenvalue weighted by molar-refractivity contribution is 5.26. The summed E-state index contributed by atoms with van der Waals surface area (Å²) < 4.78 is 7.74. The predicted octanol–water partition coefficient (Wildman–Crippen LogP) is 2.13. The zero-order valence-electron chi connectivity index (χ0n) is 10.1. The molecule has 0 amide bonds. The lowest BCUT2D eigenvalue weighted by Gasteiger charge is -2.14. The van der Waals surface area contributed by atoms with E-state index in [9.17, 15) is 0 Å². The molecule has 0 aromatic carbocycles. The van der Waals surface area contributed by atoms with Crippen molar-refractivity contribution in [3.05, 3.63) is 12.4 Å². The standard InChI is InChI=1S/C12H21N3O/c1-10(2)9-15-6-5-13-12(15)14-8-11-4-3-7-16-11/h5-6,10-11H,3-4,7-9H2,1-2H3,(H,13,14). The normalized spacial score (nSPS) is 20.6. The summed E-state index contributed by atoms with van der Waals surface area (Å²) >= 11 is 0. The van der Waals surface area contributed by atoms with Gasteiger partial charge in [-0.25, -0.2) is 4.98 Å². The molecular formula is C12H21N3O. The van der Waals surface area contributed by atoms with Crippen LogP contribution in [0.2, 0.25) is 0 Å². The van der Waals surface area contributed by atoms with Crippen LogP contribution in [0.15, 0.2) is 12.4 Å². The van der Waals surface area contributed by atoms with E-state index in [0.717, 1.165) is 32.1 Å². The van der Waals surface area contributed by atoms with Crippen LogP contribution in [-0.4, -0.2) is 28.8 Å². The largest absolute Gasteiger partial charge is 0.376 e. The third-order valence-corrected chi connectivity index (χ3v) is 2.79. The van der Waals surface area contributed by atoms with Gasteiger partial charge in [-0.15, -0.1) is 0 Å². The van der Waals surface area contributed by atoms with Gasteiger partial charge in [-0.3, -0.25) is 0 Å². The first kappa shape index (κ1) is 11.5. The van der Waals surface area contributed by atoms with E-state index in [2.05, 4.69) is 28.7 Å². The van der Waals surface area contributed by atoms with Crippen molar-refractivity contribution in [1.29, 1.82) is 0 Å². The number of aromatic nitrogens is 2. The Kier molecular flexibility index (Phi) is 3.83. The molecule has 2 heterocycles. The molecule has 0 aliphatic carbocycles. The van der Waals surface area contributed by atoms with Crippen molar-refractivity contribution in [1.82, 2.24) is 9.55 Å². The van der Waals surface area contributed by atoms with Gasteiger partial charge in [0.25, 0.3) is 0 Å². The highest BCUT2D eigenvalue weighted by Gasteiger charge is 2.15. The lowest BCUT2D eigenvalue weighted by Crippen LogP contribution is -2.21. The number of hydrogen-bond acceptors (Lipinski definition) is 3. The van der Waals surface area contributed by atoms with Gasteiger partial charge in [-0.05, 0) is 18.8 Å². The van der Waals surface area contributed by atoms with Crippen LogP contribution in [0.1, 0.15) is 26.7 Å². The Morgan fingerprint density at radius 2 is 2.50 bits per heavy atom. The molecule has 0 bridgehead atoms. The Morgan fingerprint density at radius 3 is 3.19 bits per heavy atom. The van der Waals surface area contributed by atoms with Gasteiger partial charge >= 0.3 is 0 Å². The molecular weight excluding hydrogens is 202 g/mol. The number of anilines is 1. The molecule has 1 N–H and O–H groups in total. The average Bonchev–Trinajstić information content (AvgIpc) is 2.84. The summed E-state index contributed by atoms with van der Waals surface area (Å²) in [5, 5.41) is 3.37. The van der Waals surface area contributed by atoms with Crippen LogP contribution in [-0.2, 0) is 11.3 Å². The van der Waals surface area contributed by atoms with Gasteiger partial charge in [0.1, 0.15) is 0 Å². The quantitative estimate of drug-likeness (QED) is 0.831. The van der Waals surface area contributed by atoms with E-state index in [0.29, 0.717) is 12.0 Å². The molecule has 0 radical (unpaired) electrons. The van der Waals surface area contributed by atoms with Crippen LogP contribution in [0.3, 0.4) is 0 Å². The highest BCUT2D eigenvalue weighted by Crippen LogP contribution is 2.13. The average molecular weight is 223 g/mol. The minimum atomic E-state index is 0.365. The Labute approximate surface area is 97.0 Å². The first-order chi connectivity index (χ1) is 7.75. The molecule has 1 atom stereocenters. The summed E-state index contributed by atoms with van der Waals surface area (Å²) in [6.45, 7) is 7.21. The van der Waals surface area contributed by atoms with Gasteiger partial charge in [0, 0.05) is 32.1 Å². The second-order valence-corrected chi connectivity index (χ2v) is 4.81. The third-order valence-electron chi connectivity index (χ3n) is 2.79. The van der Waals surface area contributed by atoms with Gasteiger partial charge in [0.05, 0.1) is 6.10 Å². The summed E-state index contributed by atoms with van der Waals surface area (Å²) in [6, 6.07) is 0. The molecule has 1 fully saturated rings. The molecule has 1 aromatic heterocycles. The van der Waals surface area contributed by atoms with E-state index in [1.165, 1.54) is 6.42 Å². The predicted molar refractivity (Wildman–Crippen MR) is 64.5 cm³/mol. The van der Waals surface area contributed by atoms with Crippen LogP contribution < -0.4 is 5.32 Å². The van der Waals surface area contributed by atoms with E-state index in [1.54, 1.807) is 0 Å². The third kappa shape index (κ3) is 2.98. The van der Waals surface area contributed by atoms with Gasteiger partial charge < -0.3 is 14.6 Å².